The molecule has 0 aromatic rings. The molecule has 1 radical (unpaired) electrons. The molecule has 0 aliphatic carbocycles. The van der Waals surface area contributed by atoms with Gasteiger partial charge >= 0.3 is 0 Å². The van der Waals surface area contributed by atoms with Crippen LogP contribution in [0.2, 0.25) is 0 Å². The minimum atomic E-state index is -0.303. The Morgan fingerprint density at radius 3 is 1.70 bits per heavy atom. The molecule has 1 unspecified atom stereocenters. The van der Waals surface area contributed by atoms with Crippen LogP contribution < -0.4 is 0 Å². The molecule has 10 heavy (non-hydrogen) atoms. The normalized spacial score (nSPS) is 14.1. The van der Waals surface area contributed by atoms with E-state index in [9.17, 15) is 0 Å². The third-order valence-corrected chi connectivity index (χ3v) is 1.36. The van der Waals surface area contributed by atoms with Crippen molar-refractivity contribution < 1.29 is 14.2 Å². The summed E-state index contributed by atoms with van der Waals surface area (Å²) in [5.74, 6) is 0. The predicted molar refractivity (Wildman–Crippen MR) is 38.6 cm³/mol. The van der Waals surface area contributed by atoms with Crippen molar-refractivity contribution in [1.82, 2.24) is 0 Å². The van der Waals surface area contributed by atoms with Gasteiger partial charge in [-0.1, -0.05) is 6.92 Å². The zero-order valence-electron chi connectivity index (χ0n) is 6.79. The third-order valence-electron chi connectivity index (χ3n) is 1.36. The Morgan fingerprint density at radius 2 is 1.60 bits per heavy atom. The topological polar surface area (TPSA) is 27.7 Å². The van der Waals surface area contributed by atoms with E-state index in [1.165, 1.54) is 0 Å². The molecular formula is C7H15O3. The summed E-state index contributed by atoms with van der Waals surface area (Å²) in [5, 5.41) is 0. The number of hydrogen-bond donors (Lipinski definition) is 0. The number of hydrogen-bond acceptors (Lipinski definition) is 3. The summed E-state index contributed by atoms with van der Waals surface area (Å²) in [5.41, 5.74) is 0. The highest BCUT2D eigenvalue weighted by Crippen LogP contribution is 2.06. The number of ether oxygens (including phenoxy) is 3. The van der Waals surface area contributed by atoms with Crippen LogP contribution in [0.3, 0.4) is 0 Å². The van der Waals surface area contributed by atoms with Gasteiger partial charge in [0, 0.05) is 21.3 Å². The van der Waals surface area contributed by atoms with Crippen LogP contribution in [0.1, 0.15) is 6.42 Å². The van der Waals surface area contributed by atoms with Gasteiger partial charge in [-0.2, -0.15) is 0 Å². The summed E-state index contributed by atoms with van der Waals surface area (Å²) < 4.78 is 14.9. The predicted octanol–water partition coefficient (Wildman–Crippen LogP) is 0.844. The van der Waals surface area contributed by atoms with Crippen molar-refractivity contribution in [3.8, 4) is 0 Å². The second-order valence-corrected chi connectivity index (χ2v) is 1.90. The van der Waals surface area contributed by atoms with Gasteiger partial charge in [0.15, 0.2) is 6.29 Å². The smallest absolute Gasteiger partial charge is 0.182 e. The third kappa shape index (κ3) is 2.64. The zero-order chi connectivity index (χ0) is 7.98. The molecule has 0 fully saturated rings. The van der Waals surface area contributed by atoms with E-state index >= 15 is 0 Å². The fraction of sp³-hybridized carbons (Fsp3) is 0.857. The van der Waals surface area contributed by atoms with Gasteiger partial charge in [0.1, 0.15) is 6.10 Å². The molecule has 0 heterocycles. The van der Waals surface area contributed by atoms with Gasteiger partial charge < -0.3 is 14.2 Å². The Balaban J connectivity index is 3.70. The molecule has 0 aliphatic heterocycles. The van der Waals surface area contributed by atoms with Gasteiger partial charge in [-0.05, 0) is 6.42 Å². The first-order chi connectivity index (χ1) is 4.79. The van der Waals surface area contributed by atoms with E-state index in [1.54, 1.807) is 21.3 Å². The SMILES string of the molecule is [CH2]CC(OC)C(OC)OC. The highest BCUT2D eigenvalue weighted by Gasteiger charge is 2.17. The monoisotopic (exact) mass is 147 g/mol. The van der Waals surface area contributed by atoms with E-state index in [0.29, 0.717) is 6.42 Å². The Bertz CT molecular complexity index is 57.3. The molecule has 0 saturated heterocycles. The molecule has 0 saturated carbocycles. The molecule has 0 aromatic heterocycles. The van der Waals surface area contributed by atoms with Crippen molar-refractivity contribution in [2.24, 2.45) is 0 Å². The van der Waals surface area contributed by atoms with Crippen LogP contribution in [-0.4, -0.2) is 33.7 Å². The molecule has 0 N–H and O–H groups in total. The average molecular weight is 147 g/mol. The fourth-order valence-electron chi connectivity index (χ4n) is 0.765. The molecule has 0 aliphatic rings. The molecule has 0 rings (SSSR count). The maximum Gasteiger partial charge on any atom is 0.182 e. The van der Waals surface area contributed by atoms with Gasteiger partial charge in [0.05, 0.1) is 0 Å². The zero-order valence-corrected chi connectivity index (χ0v) is 6.79. The Labute approximate surface area is 62.3 Å². The minimum absolute atomic E-state index is 0.0741. The standard InChI is InChI=1S/C7H15O3/c1-5-6(8-2)7(9-3)10-4/h6-7H,1,5H2,2-4H3. The van der Waals surface area contributed by atoms with Crippen molar-refractivity contribution in [2.75, 3.05) is 21.3 Å². The van der Waals surface area contributed by atoms with E-state index in [1.807, 2.05) is 0 Å². The quantitative estimate of drug-likeness (QED) is 0.539. The summed E-state index contributed by atoms with van der Waals surface area (Å²) >= 11 is 0. The summed E-state index contributed by atoms with van der Waals surface area (Å²) in [6, 6.07) is 0. The van der Waals surface area contributed by atoms with Gasteiger partial charge in [0.2, 0.25) is 0 Å². The van der Waals surface area contributed by atoms with Crippen molar-refractivity contribution >= 4 is 0 Å². The van der Waals surface area contributed by atoms with Gasteiger partial charge in [0.25, 0.3) is 0 Å². The largest absolute Gasteiger partial charge is 0.376 e. The summed E-state index contributed by atoms with van der Waals surface area (Å²) in [6.07, 6.45) is 0.264. The van der Waals surface area contributed by atoms with Gasteiger partial charge in [-0.15, -0.1) is 0 Å². The maximum atomic E-state index is 5.03. The van der Waals surface area contributed by atoms with Crippen LogP contribution in [0.15, 0.2) is 0 Å². The van der Waals surface area contributed by atoms with Crippen LogP contribution in [0.25, 0.3) is 0 Å². The fourth-order valence-corrected chi connectivity index (χ4v) is 0.765. The van der Waals surface area contributed by atoms with E-state index < -0.39 is 0 Å². The first-order valence-electron chi connectivity index (χ1n) is 3.17. The molecular weight excluding hydrogens is 132 g/mol. The maximum absolute atomic E-state index is 5.03. The molecule has 0 aromatic carbocycles. The lowest BCUT2D eigenvalue weighted by Crippen LogP contribution is -2.30. The lowest BCUT2D eigenvalue weighted by Gasteiger charge is -2.21. The lowest BCUT2D eigenvalue weighted by molar-refractivity contribution is -0.171. The summed E-state index contributed by atoms with van der Waals surface area (Å²) in [7, 11) is 4.77. The second-order valence-electron chi connectivity index (χ2n) is 1.90. The number of methoxy groups -OCH3 is 3. The Kier molecular flexibility index (Phi) is 5.58. The van der Waals surface area contributed by atoms with Crippen molar-refractivity contribution in [2.45, 2.75) is 18.8 Å². The van der Waals surface area contributed by atoms with E-state index in [-0.39, 0.29) is 12.4 Å². The number of rotatable bonds is 5. The molecule has 0 spiro atoms. The minimum Gasteiger partial charge on any atom is -0.376 e. The van der Waals surface area contributed by atoms with Gasteiger partial charge in [-0.3, -0.25) is 0 Å². The van der Waals surface area contributed by atoms with Crippen LogP contribution >= 0.6 is 0 Å². The van der Waals surface area contributed by atoms with E-state index in [2.05, 4.69) is 6.92 Å². The first-order valence-corrected chi connectivity index (χ1v) is 3.17. The average Bonchev–Trinajstić information content (AvgIpc) is 2.00. The van der Waals surface area contributed by atoms with Crippen molar-refractivity contribution in [3.05, 3.63) is 6.92 Å². The molecule has 3 heteroatoms. The van der Waals surface area contributed by atoms with Crippen molar-refractivity contribution in [3.63, 3.8) is 0 Å². The first kappa shape index (κ1) is 9.88. The van der Waals surface area contributed by atoms with E-state index in [0.717, 1.165) is 0 Å². The Morgan fingerprint density at radius 1 is 1.10 bits per heavy atom. The molecule has 1 atom stereocenters. The highest BCUT2D eigenvalue weighted by atomic mass is 16.7. The van der Waals surface area contributed by atoms with Crippen LogP contribution in [-0.2, 0) is 14.2 Å². The van der Waals surface area contributed by atoms with Crippen molar-refractivity contribution in [1.29, 1.82) is 0 Å². The molecule has 3 nitrogen and oxygen atoms in total. The summed E-state index contributed by atoms with van der Waals surface area (Å²) in [4.78, 5) is 0. The molecule has 0 amide bonds. The van der Waals surface area contributed by atoms with Crippen LogP contribution in [0.4, 0.5) is 0 Å². The van der Waals surface area contributed by atoms with Crippen LogP contribution in [0, 0.1) is 6.92 Å². The van der Waals surface area contributed by atoms with Crippen LogP contribution in [0.5, 0.6) is 0 Å². The van der Waals surface area contributed by atoms with Gasteiger partial charge in [-0.25, -0.2) is 0 Å². The highest BCUT2D eigenvalue weighted by molar-refractivity contribution is 4.62. The Hall–Kier alpha value is -0.120. The summed E-state index contributed by atoms with van der Waals surface area (Å²) in [6.45, 7) is 3.69. The van der Waals surface area contributed by atoms with E-state index in [4.69, 9.17) is 14.2 Å². The molecule has 0 bridgehead atoms. The second kappa shape index (κ2) is 5.65. The lowest BCUT2D eigenvalue weighted by atomic mass is 10.3. The molecule has 61 valence electrons.